The van der Waals surface area contributed by atoms with Gasteiger partial charge >= 0.3 is 0 Å². The van der Waals surface area contributed by atoms with Crippen LogP contribution in [-0.2, 0) is 12.8 Å². The van der Waals surface area contributed by atoms with Crippen molar-refractivity contribution >= 4 is 33.0 Å². The summed E-state index contributed by atoms with van der Waals surface area (Å²) in [4.78, 5) is 6.27. The summed E-state index contributed by atoms with van der Waals surface area (Å²) in [7, 11) is 0. The van der Waals surface area contributed by atoms with Gasteiger partial charge in [-0.2, -0.15) is 0 Å². The van der Waals surface area contributed by atoms with E-state index in [1.165, 1.54) is 34.8 Å². The van der Waals surface area contributed by atoms with Gasteiger partial charge in [-0.25, -0.2) is 4.98 Å². The maximum Gasteiger partial charge on any atom is 0.110 e. The van der Waals surface area contributed by atoms with Crippen molar-refractivity contribution in [2.75, 3.05) is 18.4 Å². The van der Waals surface area contributed by atoms with Gasteiger partial charge in [-0.15, -0.1) is 11.3 Å². The molecule has 0 amide bonds. The molecule has 1 aromatic carbocycles. The van der Waals surface area contributed by atoms with Crippen molar-refractivity contribution in [2.45, 2.75) is 32.2 Å². The number of nitrogens with zero attached hydrogens (tertiary/aromatic N) is 1. The number of fused-ring (bicyclic) bond motifs is 1. The van der Waals surface area contributed by atoms with E-state index in [1.807, 2.05) is 23.5 Å². The third kappa shape index (κ3) is 3.84. The predicted molar refractivity (Wildman–Crippen MR) is 93.2 cm³/mol. The number of hydrogen-bond donors (Lipinski definition) is 2. The predicted octanol–water partition coefficient (Wildman–Crippen LogP) is 4.16. The Hall–Kier alpha value is -0.910. The van der Waals surface area contributed by atoms with Crippen LogP contribution in [0.1, 0.15) is 35.0 Å². The Morgan fingerprint density at radius 1 is 1.33 bits per heavy atom. The number of aryl methyl sites for hydroxylation is 2. The Morgan fingerprint density at radius 3 is 3.05 bits per heavy atom. The monoisotopic (exact) mass is 365 g/mol. The minimum absolute atomic E-state index is 0.338. The zero-order chi connectivity index (χ0) is 14.7. The van der Waals surface area contributed by atoms with Crippen molar-refractivity contribution in [3.63, 3.8) is 0 Å². The first-order chi connectivity index (χ1) is 10.2. The van der Waals surface area contributed by atoms with Gasteiger partial charge in [0.05, 0.1) is 11.7 Å². The molecule has 1 atom stereocenters. The van der Waals surface area contributed by atoms with Gasteiger partial charge in [0.15, 0.2) is 0 Å². The molecule has 0 bridgehead atoms. The van der Waals surface area contributed by atoms with Gasteiger partial charge in [0.25, 0.3) is 0 Å². The molecule has 1 aromatic heterocycles. The van der Waals surface area contributed by atoms with Crippen LogP contribution in [0.5, 0.6) is 0 Å². The Balaban J connectivity index is 1.44. The van der Waals surface area contributed by atoms with Crippen molar-refractivity contribution in [2.24, 2.45) is 0 Å². The minimum atomic E-state index is 0.338. The zero-order valence-corrected chi connectivity index (χ0v) is 14.6. The summed E-state index contributed by atoms with van der Waals surface area (Å²) in [6.07, 6.45) is 3.68. The second-order valence-corrected chi connectivity index (χ2v) is 7.42. The molecule has 3 nitrogen and oxygen atoms in total. The molecule has 0 saturated heterocycles. The first-order valence-corrected chi connectivity index (χ1v) is 9.04. The normalized spacial score (nSPS) is 15.0. The largest absolute Gasteiger partial charge is 0.384 e. The van der Waals surface area contributed by atoms with Gasteiger partial charge in [0.2, 0.25) is 0 Å². The molecule has 112 valence electrons. The van der Waals surface area contributed by atoms with Crippen LogP contribution in [0.2, 0.25) is 0 Å². The Bertz CT molecular complexity index is 590. The van der Waals surface area contributed by atoms with Crippen LogP contribution in [0.4, 0.5) is 5.69 Å². The molecule has 2 aromatic rings. The van der Waals surface area contributed by atoms with Crippen LogP contribution in [-0.4, -0.2) is 18.1 Å². The molecule has 0 spiro atoms. The van der Waals surface area contributed by atoms with Gasteiger partial charge in [0, 0.05) is 28.1 Å². The Morgan fingerprint density at radius 2 is 2.24 bits per heavy atom. The quantitative estimate of drug-likeness (QED) is 0.754. The lowest BCUT2D eigenvalue weighted by atomic mass is 10.3. The summed E-state index contributed by atoms with van der Waals surface area (Å²) in [6.45, 7) is 4.04. The lowest BCUT2D eigenvalue weighted by Gasteiger charge is -2.12. The highest BCUT2D eigenvalue weighted by Crippen LogP contribution is 2.30. The first-order valence-electron chi connectivity index (χ1n) is 7.43. The molecule has 2 N–H and O–H groups in total. The topological polar surface area (TPSA) is 37.0 Å². The van der Waals surface area contributed by atoms with Crippen LogP contribution in [0.25, 0.3) is 0 Å². The molecule has 1 aliphatic carbocycles. The smallest absolute Gasteiger partial charge is 0.110 e. The van der Waals surface area contributed by atoms with E-state index >= 15 is 0 Å². The molecule has 0 aliphatic heterocycles. The number of thiazole rings is 1. The van der Waals surface area contributed by atoms with E-state index in [4.69, 9.17) is 4.98 Å². The van der Waals surface area contributed by atoms with E-state index in [-0.39, 0.29) is 0 Å². The van der Waals surface area contributed by atoms with Crippen molar-refractivity contribution in [1.29, 1.82) is 0 Å². The van der Waals surface area contributed by atoms with E-state index in [2.05, 4.69) is 45.6 Å². The summed E-state index contributed by atoms with van der Waals surface area (Å²) in [6, 6.07) is 8.59. The molecule has 3 rings (SSSR count). The number of halogens is 1. The maximum atomic E-state index is 4.77. The molecule has 1 aliphatic rings. The van der Waals surface area contributed by atoms with Crippen LogP contribution < -0.4 is 10.6 Å². The third-order valence-corrected chi connectivity index (χ3v) is 5.55. The fraction of sp³-hybridized carbons (Fsp3) is 0.438. The van der Waals surface area contributed by atoms with E-state index in [0.29, 0.717) is 6.04 Å². The number of rotatable bonds is 6. The summed E-state index contributed by atoms with van der Waals surface area (Å²) < 4.78 is 1.10. The van der Waals surface area contributed by atoms with E-state index < -0.39 is 0 Å². The number of anilines is 1. The lowest BCUT2D eigenvalue weighted by molar-refractivity contribution is 0.583. The first kappa shape index (κ1) is 15.0. The lowest BCUT2D eigenvalue weighted by Crippen LogP contribution is -2.25. The van der Waals surface area contributed by atoms with Crippen molar-refractivity contribution < 1.29 is 0 Å². The second kappa shape index (κ2) is 6.90. The molecule has 5 heteroatoms. The SMILES string of the molecule is C[C@H](NCCNc1cccc(Br)c1)c1nc2c(s1)CCC2. The van der Waals surface area contributed by atoms with Gasteiger partial charge < -0.3 is 10.6 Å². The van der Waals surface area contributed by atoms with Gasteiger partial charge in [-0.05, 0) is 44.4 Å². The van der Waals surface area contributed by atoms with Crippen molar-refractivity contribution in [1.82, 2.24) is 10.3 Å². The molecule has 0 unspecified atom stereocenters. The maximum absolute atomic E-state index is 4.77. The fourth-order valence-electron chi connectivity index (χ4n) is 2.58. The minimum Gasteiger partial charge on any atom is -0.384 e. The van der Waals surface area contributed by atoms with Crippen LogP contribution in [0, 0.1) is 0 Å². The van der Waals surface area contributed by atoms with Crippen LogP contribution >= 0.6 is 27.3 Å². The number of aromatic nitrogens is 1. The Kier molecular flexibility index (Phi) is 4.93. The molecule has 1 heterocycles. The van der Waals surface area contributed by atoms with Gasteiger partial charge in [-0.3, -0.25) is 0 Å². The highest BCUT2D eigenvalue weighted by Gasteiger charge is 2.19. The average Bonchev–Trinajstić information content (AvgIpc) is 3.04. The summed E-state index contributed by atoms with van der Waals surface area (Å²) in [5, 5.41) is 8.21. The van der Waals surface area contributed by atoms with Crippen molar-refractivity contribution in [3.05, 3.63) is 44.3 Å². The van der Waals surface area contributed by atoms with Crippen LogP contribution in [0.3, 0.4) is 0 Å². The highest BCUT2D eigenvalue weighted by atomic mass is 79.9. The van der Waals surface area contributed by atoms with E-state index in [1.54, 1.807) is 0 Å². The number of nitrogens with one attached hydrogen (secondary N) is 2. The van der Waals surface area contributed by atoms with Gasteiger partial charge in [0.1, 0.15) is 5.01 Å². The van der Waals surface area contributed by atoms with Crippen molar-refractivity contribution in [3.8, 4) is 0 Å². The van der Waals surface area contributed by atoms with E-state index in [0.717, 1.165) is 23.2 Å². The molecule has 0 saturated carbocycles. The molecule has 0 fully saturated rings. The number of hydrogen-bond acceptors (Lipinski definition) is 4. The third-order valence-electron chi connectivity index (χ3n) is 3.71. The molecule has 0 radical (unpaired) electrons. The zero-order valence-electron chi connectivity index (χ0n) is 12.2. The summed E-state index contributed by atoms with van der Waals surface area (Å²) in [5.41, 5.74) is 2.49. The average molecular weight is 366 g/mol. The second-order valence-electron chi connectivity index (χ2n) is 5.39. The molecular weight excluding hydrogens is 346 g/mol. The molecule has 21 heavy (non-hydrogen) atoms. The van der Waals surface area contributed by atoms with E-state index in [9.17, 15) is 0 Å². The Labute approximate surface area is 138 Å². The van der Waals surface area contributed by atoms with Gasteiger partial charge in [-0.1, -0.05) is 22.0 Å². The molecular formula is C16H20BrN3S. The highest BCUT2D eigenvalue weighted by molar-refractivity contribution is 9.10. The fourth-order valence-corrected chi connectivity index (χ4v) is 4.16. The van der Waals surface area contributed by atoms with Crippen LogP contribution in [0.15, 0.2) is 28.7 Å². The number of benzene rings is 1. The summed E-state index contributed by atoms with van der Waals surface area (Å²) >= 11 is 5.37. The summed E-state index contributed by atoms with van der Waals surface area (Å²) in [5.74, 6) is 0. The standard InChI is InChI=1S/C16H20BrN3S/c1-11(16-20-14-6-3-7-15(14)21-16)18-8-9-19-13-5-2-4-12(17)10-13/h2,4-5,10-11,18-19H,3,6-9H2,1H3/t11-/m0/s1.